The smallest absolute Gasteiger partial charge is 0.243 e. The third-order valence-corrected chi connectivity index (χ3v) is 5.10. The van der Waals surface area contributed by atoms with Crippen molar-refractivity contribution in [3.05, 3.63) is 16.6 Å². The maximum Gasteiger partial charge on any atom is 0.243 e. The highest BCUT2D eigenvalue weighted by Gasteiger charge is 2.33. The number of rotatable bonds is 7. The first-order chi connectivity index (χ1) is 11.0. The molecule has 1 aromatic heterocycles. The number of aromatic nitrogens is 1. The first kappa shape index (κ1) is 17.9. The van der Waals surface area contributed by atoms with Crippen LogP contribution in [0.1, 0.15) is 63.9 Å². The van der Waals surface area contributed by atoms with E-state index in [0.717, 1.165) is 24.3 Å². The summed E-state index contributed by atoms with van der Waals surface area (Å²) in [5.74, 6) is 0.427. The van der Waals surface area contributed by atoms with Crippen LogP contribution < -0.4 is 5.32 Å². The molecule has 1 aliphatic heterocycles. The fourth-order valence-corrected chi connectivity index (χ4v) is 3.76. The largest absolute Gasteiger partial charge is 0.345 e. The number of piperidine rings is 1. The third-order valence-electron chi connectivity index (χ3n) is 4.21. The van der Waals surface area contributed by atoms with Crippen LogP contribution in [-0.2, 0) is 9.59 Å². The van der Waals surface area contributed by atoms with Gasteiger partial charge in [-0.05, 0) is 31.6 Å². The topological polar surface area (TPSA) is 62.3 Å². The van der Waals surface area contributed by atoms with Crippen molar-refractivity contribution in [2.75, 3.05) is 6.54 Å². The molecule has 2 atom stereocenters. The van der Waals surface area contributed by atoms with Crippen molar-refractivity contribution in [1.29, 1.82) is 0 Å². The van der Waals surface area contributed by atoms with Crippen LogP contribution in [0.25, 0.3) is 0 Å². The summed E-state index contributed by atoms with van der Waals surface area (Å²) in [7, 11) is 0. The van der Waals surface area contributed by atoms with Gasteiger partial charge in [-0.1, -0.05) is 20.8 Å². The van der Waals surface area contributed by atoms with E-state index in [1.54, 1.807) is 22.4 Å². The fraction of sp³-hybridized carbons (Fsp3) is 0.706. The van der Waals surface area contributed by atoms with E-state index in [0.29, 0.717) is 25.3 Å². The molecule has 0 unspecified atom stereocenters. The van der Waals surface area contributed by atoms with E-state index >= 15 is 0 Å². The van der Waals surface area contributed by atoms with E-state index in [9.17, 15) is 9.59 Å². The van der Waals surface area contributed by atoms with E-state index in [1.807, 2.05) is 12.3 Å². The van der Waals surface area contributed by atoms with Gasteiger partial charge in [0.15, 0.2) is 0 Å². The summed E-state index contributed by atoms with van der Waals surface area (Å²) in [6.45, 7) is 6.91. The Morgan fingerprint density at radius 1 is 1.43 bits per heavy atom. The molecule has 128 valence electrons. The Kier molecular flexibility index (Phi) is 6.57. The molecule has 2 heterocycles. The Morgan fingerprint density at radius 2 is 2.22 bits per heavy atom. The average molecular weight is 337 g/mol. The molecule has 0 radical (unpaired) electrons. The van der Waals surface area contributed by atoms with Crippen molar-refractivity contribution in [2.45, 2.75) is 65.0 Å². The molecule has 1 N–H and O–H groups in total. The number of amides is 2. The van der Waals surface area contributed by atoms with Gasteiger partial charge in [0.1, 0.15) is 11.0 Å². The van der Waals surface area contributed by atoms with Gasteiger partial charge in [-0.2, -0.15) is 0 Å². The highest BCUT2D eigenvalue weighted by atomic mass is 32.1. The van der Waals surface area contributed by atoms with E-state index < -0.39 is 0 Å². The minimum Gasteiger partial charge on any atom is -0.345 e. The second-order valence-electron chi connectivity index (χ2n) is 6.53. The predicted molar refractivity (Wildman–Crippen MR) is 92.1 cm³/mol. The quantitative estimate of drug-likeness (QED) is 0.831. The molecule has 2 amide bonds. The number of nitrogens with zero attached hydrogens (tertiary/aromatic N) is 2. The van der Waals surface area contributed by atoms with Crippen LogP contribution in [0.4, 0.5) is 0 Å². The second kappa shape index (κ2) is 8.43. The predicted octanol–water partition coefficient (Wildman–Crippen LogP) is 3.14. The minimum absolute atomic E-state index is 0.0454. The second-order valence-corrected chi connectivity index (χ2v) is 7.46. The summed E-state index contributed by atoms with van der Waals surface area (Å²) >= 11 is 1.55. The molecular formula is C17H27N3O2S. The number of carbonyl (C=O) groups is 2. The summed E-state index contributed by atoms with van der Waals surface area (Å²) in [5, 5.41) is 5.95. The van der Waals surface area contributed by atoms with Crippen molar-refractivity contribution in [2.24, 2.45) is 5.92 Å². The molecule has 0 aliphatic carbocycles. The molecular weight excluding hydrogens is 310 g/mol. The van der Waals surface area contributed by atoms with Crippen LogP contribution >= 0.6 is 11.3 Å². The lowest BCUT2D eigenvalue weighted by molar-refractivity contribution is -0.143. The Morgan fingerprint density at radius 3 is 2.78 bits per heavy atom. The molecule has 1 saturated heterocycles. The highest BCUT2D eigenvalue weighted by molar-refractivity contribution is 7.09. The Labute approximate surface area is 142 Å². The molecule has 1 aliphatic rings. The number of thiazole rings is 1. The molecule has 2 rings (SSSR count). The standard InChI is InChI=1S/C17H27N3O2S/c1-4-13(17-18-8-10-23-17)19-16(22)14(11-12(2)3)20-9-6-5-7-15(20)21/h8,10,12-14H,4-7,9,11H2,1-3H3,(H,19,22)/t13-,14+/m1/s1. The average Bonchev–Trinajstić information content (AvgIpc) is 3.05. The fourth-order valence-electron chi connectivity index (χ4n) is 2.99. The summed E-state index contributed by atoms with van der Waals surface area (Å²) in [5.41, 5.74) is 0. The number of hydrogen-bond donors (Lipinski definition) is 1. The van der Waals surface area contributed by atoms with Gasteiger partial charge in [0.2, 0.25) is 11.8 Å². The van der Waals surface area contributed by atoms with Crippen LogP contribution in [0.5, 0.6) is 0 Å². The van der Waals surface area contributed by atoms with Crippen LogP contribution in [0, 0.1) is 5.92 Å². The molecule has 6 heteroatoms. The maximum atomic E-state index is 12.9. The zero-order valence-corrected chi connectivity index (χ0v) is 15.1. The number of nitrogens with one attached hydrogen (secondary N) is 1. The van der Waals surface area contributed by atoms with Crippen molar-refractivity contribution in [3.8, 4) is 0 Å². The Bertz CT molecular complexity index is 516. The van der Waals surface area contributed by atoms with Gasteiger partial charge in [-0.15, -0.1) is 11.3 Å². The summed E-state index contributed by atoms with van der Waals surface area (Å²) in [6.07, 6.45) is 5.73. The normalized spacial score (nSPS) is 18.1. The lowest BCUT2D eigenvalue weighted by Gasteiger charge is -2.35. The highest BCUT2D eigenvalue weighted by Crippen LogP contribution is 2.22. The monoisotopic (exact) mass is 337 g/mol. The molecule has 0 saturated carbocycles. The van der Waals surface area contributed by atoms with Crippen LogP contribution in [-0.4, -0.2) is 34.3 Å². The SMILES string of the molecule is CC[C@@H](NC(=O)[C@H](CC(C)C)N1CCCCC1=O)c1nccs1. The first-order valence-corrected chi connectivity index (χ1v) is 9.40. The molecule has 1 fully saturated rings. The zero-order valence-electron chi connectivity index (χ0n) is 14.2. The zero-order chi connectivity index (χ0) is 16.8. The van der Waals surface area contributed by atoms with Crippen LogP contribution in [0.3, 0.4) is 0 Å². The molecule has 0 aromatic carbocycles. The summed E-state index contributed by atoms with van der Waals surface area (Å²) in [4.78, 5) is 31.2. The maximum absolute atomic E-state index is 12.9. The number of hydrogen-bond acceptors (Lipinski definition) is 4. The lowest BCUT2D eigenvalue weighted by Crippen LogP contribution is -2.52. The Hall–Kier alpha value is -1.43. The third kappa shape index (κ3) is 4.77. The van der Waals surface area contributed by atoms with Gasteiger partial charge in [0.25, 0.3) is 0 Å². The molecule has 0 bridgehead atoms. The Balaban J connectivity index is 2.10. The van der Waals surface area contributed by atoms with Gasteiger partial charge < -0.3 is 10.2 Å². The van der Waals surface area contributed by atoms with Crippen LogP contribution in [0.2, 0.25) is 0 Å². The number of likely N-dealkylation sites (tertiary alicyclic amines) is 1. The van der Waals surface area contributed by atoms with Gasteiger partial charge in [0, 0.05) is 24.5 Å². The lowest BCUT2D eigenvalue weighted by atomic mass is 9.98. The van der Waals surface area contributed by atoms with E-state index in [-0.39, 0.29) is 23.9 Å². The minimum atomic E-state index is -0.364. The van der Waals surface area contributed by atoms with Crippen molar-refractivity contribution >= 4 is 23.2 Å². The number of carbonyl (C=O) groups excluding carboxylic acids is 2. The van der Waals surface area contributed by atoms with Gasteiger partial charge in [0.05, 0.1) is 6.04 Å². The molecule has 0 spiro atoms. The summed E-state index contributed by atoms with van der Waals surface area (Å²) < 4.78 is 0. The molecule has 5 nitrogen and oxygen atoms in total. The van der Waals surface area contributed by atoms with Crippen LogP contribution in [0.15, 0.2) is 11.6 Å². The van der Waals surface area contributed by atoms with Gasteiger partial charge in [-0.25, -0.2) is 4.98 Å². The van der Waals surface area contributed by atoms with E-state index in [4.69, 9.17) is 0 Å². The van der Waals surface area contributed by atoms with E-state index in [1.165, 1.54) is 0 Å². The van der Waals surface area contributed by atoms with Gasteiger partial charge >= 0.3 is 0 Å². The van der Waals surface area contributed by atoms with Crippen molar-refractivity contribution in [3.63, 3.8) is 0 Å². The van der Waals surface area contributed by atoms with Gasteiger partial charge in [-0.3, -0.25) is 9.59 Å². The molecule has 23 heavy (non-hydrogen) atoms. The summed E-state index contributed by atoms with van der Waals surface area (Å²) in [6, 6.07) is -0.436. The molecule has 1 aromatic rings. The van der Waals surface area contributed by atoms with Crippen molar-refractivity contribution < 1.29 is 9.59 Å². The first-order valence-electron chi connectivity index (χ1n) is 8.52. The van der Waals surface area contributed by atoms with E-state index in [2.05, 4.69) is 24.1 Å². The van der Waals surface area contributed by atoms with Crippen molar-refractivity contribution in [1.82, 2.24) is 15.2 Å².